The average Bonchev–Trinajstić information content (AvgIpc) is 2.83. The number of nitrogens with one attached hydrogen (secondary N) is 1. The van der Waals surface area contributed by atoms with Crippen LogP contribution < -0.4 is 5.32 Å². The van der Waals surface area contributed by atoms with Crippen molar-refractivity contribution in [3.8, 4) is 0 Å². The molecule has 3 rings (SSSR count). The Bertz CT molecular complexity index is 701. The summed E-state index contributed by atoms with van der Waals surface area (Å²) in [4.78, 5) is 4.17. The van der Waals surface area contributed by atoms with Gasteiger partial charge in [-0.05, 0) is 30.2 Å². The fourth-order valence-electron chi connectivity index (χ4n) is 2.58. The third-order valence-corrected chi connectivity index (χ3v) is 3.76. The van der Waals surface area contributed by atoms with Crippen LogP contribution in [0.4, 0.5) is 0 Å². The zero-order valence-electron chi connectivity index (χ0n) is 11.9. The maximum absolute atomic E-state index is 4.17. The van der Waals surface area contributed by atoms with Gasteiger partial charge in [0.1, 0.15) is 0 Å². The van der Waals surface area contributed by atoms with Crippen molar-refractivity contribution in [1.82, 2.24) is 14.9 Å². The Labute approximate surface area is 119 Å². The molecule has 3 nitrogen and oxygen atoms in total. The van der Waals surface area contributed by atoms with Crippen LogP contribution in [0.25, 0.3) is 10.9 Å². The lowest BCUT2D eigenvalue weighted by Gasteiger charge is -2.13. The molecule has 1 atom stereocenters. The summed E-state index contributed by atoms with van der Waals surface area (Å²) >= 11 is 0. The molecule has 0 saturated carbocycles. The first kappa shape index (κ1) is 12.9. The maximum atomic E-state index is 4.17. The van der Waals surface area contributed by atoms with Gasteiger partial charge in [0.15, 0.2) is 0 Å². The van der Waals surface area contributed by atoms with Crippen molar-refractivity contribution in [2.45, 2.75) is 19.5 Å². The normalized spacial score (nSPS) is 12.7. The van der Waals surface area contributed by atoms with E-state index in [1.165, 1.54) is 22.0 Å². The summed E-state index contributed by atoms with van der Waals surface area (Å²) in [5.74, 6) is 0. The molecule has 3 aromatic rings. The second-order valence-corrected chi connectivity index (χ2v) is 5.17. The predicted molar refractivity (Wildman–Crippen MR) is 82.4 cm³/mol. The van der Waals surface area contributed by atoms with Gasteiger partial charge < -0.3 is 9.88 Å². The molecule has 2 heterocycles. The number of para-hydroxylation sites is 1. The minimum absolute atomic E-state index is 0.294. The van der Waals surface area contributed by atoms with Crippen LogP contribution in [0.15, 0.2) is 55.0 Å². The van der Waals surface area contributed by atoms with Crippen molar-refractivity contribution < 1.29 is 0 Å². The second kappa shape index (κ2) is 5.47. The van der Waals surface area contributed by atoms with E-state index in [0.717, 1.165) is 6.54 Å². The van der Waals surface area contributed by atoms with Crippen molar-refractivity contribution >= 4 is 10.9 Å². The zero-order chi connectivity index (χ0) is 13.9. The van der Waals surface area contributed by atoms with Gasteiger partial charge in [0.05, 0.1) is 0 Å². The van der Waals surface area contributed by atoms with E-state index in [1.54, 1.807) is 6.20 Å². The lowest BCUT2D eigenvalue weighted by atomic mass is 10.1. The van der Waals surface area contributed by atoms with Crippen molar-refractivity contribution in [2.75, 3.05) is 0 Å². The van der Waals surface area contributed by atoms with E-state index in [-0.39, 0.29) is 0 Å². The second-order valence-electron chi connectivity index (χ2n) is 5.17. The fourth-order valence-corrected chi connectivity index (χ4v) is 2.58. The van der Waals surface area contributed by atoms with E-state index in [9.17, 15) is 0 Å². The van der Waals surface area contributed by atoms with E-state index in [4.69, 9.17) is 0 Å². The lowest BCUT2D eigenvalue weighted by molar-refractivity contribution is 0.574. The van der Waals surface area contributed by atoms with E-state index < -0.39 is 0 Å². The van der Waals surface area contributed by atoms with Crippen LogP contribution in [-0.2, 0) is 13.6 Å². The summed E-state index contributed by atoms with van der Waals surface area (Å²) in [6.45, 7) is 3.03. The van der Waals surface area contributed by atoms with E-state index in [2.05, 4.69) is 65.4 Å². The zero-order valence-corrected chi connectivity index (χ0v) is 11.9. The van der Waals surface area contributed by atoms with Gasteiger partial charge in [0.25, 0.3) is 0 Å². The Kier molecular flexibility index (Phi) is 3.52. The number of aryl methyl sites for hydroxylation is 1. The predicted octanol–water partition coefficient (Wildman–Crippen LogP) is 3.42. The Hall–Kier alpha value is -2.13. The van der Waals surface area contributed by atoms with Crippen molar-refractivity contribution in [2.24, 2.45) is 7.05 Å². The number of hydrogen-bond acceptors (Lipinski definition) is 2. The SMILES string of the molecule is CC(NCc1cn(C)c2ccccc12)c1cccnc1. The summed E-state index contributed by atoms with van der Waals surface area (Å²) < 4.78 is 2.18. The molecule has 102 valence electrons. The first-order valence-corrected chi connectivity index (χ1v) is 6.92. The molecule has 0 amide bonds. The highest BCUT2D eigenvalue weighted by Gasteiger charge is 2.08. The van der Waals surface area contributed by atoms with Crippen LogP contribution in [-0.4, -0.2) is 9.55 Å². The molecule has 0 aliphatic rings. The Morgan fingerprint density at radius 1 is 1.20 bits per heavy atom. The number of nitrogens with zero attached hydrogens (tertiary/aromatic N) is 2. The standard InChI is InChI=1S/C17H19N3/c1-13(14-6-5-9-18-10-14)19-11-15-12-20(2)17-8-4-3-7-16(15)17/h3-10,12-13,19H,11H2,1-2H3. The molecule has 0 radical (unpaired) electrons. The molecule has 0 fully saturated rings. The van der Waals surface area contributed by atoms with Gasteiger partial charge in [-0.3, -0.25) is 4.98 Å². The molecule has 0 saturated heterocycles. The molecule has 0 aliphatic carbocycles. The minimum Gasteiger partial charge on any atom is -0.350 e. The van der Waals surface area contributed by atoms with E-state index in [0.29, 0.717) is 6.04 Å². The Morgan fingerprint density at radius 2 is 2.05 bits per heavy atom. The Morgan fingerprint density at radius 3 is 2.85 bits per heavy atom. The first-order chi connectivity index (χ1) is 9.75. The van der Waals surface area contributed by atoms with Gasteiger partial charge in [-0.1, -0.05) is 24.3 Å². The first-order valence-electron chi connectivity index (χ1n) is 6.92. The average molecular weight is 265 g/mol. The topological polar surface area (TPSA) is 29.9 Å². The van der Waals surface area contributed by atoms with Gasteiger partial charge in [0, 0.05) is 49.1 Å². The molecular formula is C17H19N3. The van der Waals surface area contributed by atoms with Crippen LogP contribution >= 0.6 is 0 Å². The number of rotatable bonds is 4. The van der Waals surface area contributed by atoms with Crippen molar-refractivity contribution in [1.29, 1.82) is 0 Å². The highest BCUT2D eigenvalue weighted by Crippen LogP contribution is 2.21. The summed E-state index contributed by atoms with van der Waals surface area (Å²) in [7, 11) is 2.09. The van der Waals surface area contributed by atoms with Gasteiger partial charge in [-0.2, -0.15) is 0 Å². The van der Waals surface area contributed by atoms with Crippen LogP contribution in [0.1, 0.15) is 24.1 Å². The highest BCUT2D eigenvalue weighted by molar-refractivity contribution is 5.83. The largest absolute Gasteiger partial charge is 0.350 e. The molecule has 1 unspecified atom stereocenters. The fraction of sp³-hybridized carbons (Fsp3) is 0.235. The molecule has 1 aromatic carbocycles. The molecule has 0 bridgehead atoms. The van der Waals surface area contributed by atoms with Crippen LogP contribution in [0.3, 0.4) is 0 Å². The molecule has 1 N–H and O–H groups in total. The number of pyridine rings is 1. The van der Waals surface area contributed by atoms with E-state index >= 15 is 0 Å². The third kappa shape index (κ3) is 2.45. The molecule has 20 heavy (non-hydrogen) atoms. The summed E-state index contributed by atoms with van der Waals surface area (Å²) in [6.07, 6.45) is 5.93. The maximum Gasteiger partial charge on any atom is 0.0481 e. The van der Waals surface area contributed by atoms with Crippen LogP contribution in [0, 0.1) is 0 Å². The minimum atomic E-state index is 0.294. The Balaban J connectivity index is 1.77. The van der Waals surface area contributed by atoms with Crippen LogP contribution in [0.5, 0.6) is 0 Å². The summed E-state index contributed by atoms with van der Waals surface area (Å²) in [6, 6.07) is 12.9. The quantitative estimate of drug-likeness (QED) is 0.783. The van der Waals surface area contributed by atoms with Crippen molar-refractivity contribution in [3.05, 3.63) is 66.1 Å². The molecule has 0 aliphatic heterocycles. The van der Waals surface area contributed by atoms with Gasteiger partial charge >= 0.3 is 0 Å². The van der Waals surface area contributed by atoms with Gasteiger partial charge in [-0.15, -0.1) is 0 Å². The summed E-state index contributed by atoms with van der Waals surface area (Å²) in [5, 5.41) is 4.89. The smallest absolute Gasteiger partial charge is 0.0481 e. The van der Waals surface area contributed by atoms with E-state index in [1.807, 2.05) is 12.3 Å². The lowest BCUT2D eigenvalue weighted by Crippen LogP contribution is -2.18. The molecular weight excluding hydrogens is 246 g/mol. The van der Waals surface area contributed by atoms with Crippen molar-refractivity contribution in [3.63, 3.8) is 0 Å². The molecule has 3 heteroatoms. The van der Waals surface area contributed by atoms with Gasteiger partial charge in [0.2, 0.25) is 0 Å². The highest BCUT2D eigenvalue weighted by atomic mass is 14.9. The molecule has 0 spiro atoms. The molecule has 2 aromatic heterocycles. The van der Waals surface area contributed by atoms with Gasteiger partial charge in [-0.25, -0.2) is 0 Å². The monoisotopic (exact) mass is 265 g/mol. The number of aromatic nitrogens is 2. The number of fused-ring (bicyclic) bond motifs is 1. The van der Waals surface area contributed by atoms with Crippen LogP contribution in [0.2, 0.25) is 0 Å². The summed E-state index contributed by atoms with van der Waals surface area (Å²) in [5.41, 5.74) is 3.82. The third-order valence-electron chi connectivity index (χ3n) is 3.76. The number of hydrogen-bond donors (Lipinski definition) is 1. The number of benzene rings is 1.